The van der Waals surface area contributed by atoms with Crippen LogP contribution in [0, 0.1) is 5.41 Å². The van der Waals surface area contributed by atoms with Crippen LogP contribution in [0.5, 0.6) is 0 Å². The number of carbonyl (C=O) groups is 2. The van der Waals surface area contributed by atoms with Gasteiger partial charge in [0.05, 0.1) is 11.0 Å². The summed E-state index contributed by atoms with van der Waals surface area (Å²) < 4.78 is 0. The Bertz CT molecular complexity index is 470. The van der Waals surface area contributed by atoms with Crippen molar-refractivity contribution in [2.45, 2.75) is 26.7 Å². The van der Waals surface area contributed by atoms with E-state index in [1.807, 2.05) is 13.8 Å². The molecule has 0 unspecified atom stereocenters. The van der Waals surface area contributed by atoms with E-state index in [1.165, 1.54) is 12.1 Å². The van der Waals surface area contributed by atoms with Crippen molar-refractivity contribution in [3.8, 4) is 0 Å². The van der Waals surface area contributed by atoms with Crippen LogP contribution in [0.15, 0.2) is 24.3 Å². The van der Waals surface area contributed by atoms with Crippen molar-refractivity contribution < 1.29 is 14.7 Å². The molecular weight excluding hydrogens is 256 g/mol. The number of hydrogen-bond donors (Lipinski definition) is 2. The van der Waals surface area contributed by atoms with Crippen molar-refractivity contribution in [2.75, 3.05) is 18.5 Å². The first-order valence-electron chi connectivity index (χ1n) is 6.73. The molecule has 0 aliphatic rings. The first-order chi connectivity index (χ1) is 9.41. The van der Waals surface area contributed by atoms with Crippen LogP contribution >= 0.6 is 0 Å². The maximum absolute atomic E-state index is 12.6. The van der Waals surface area contributed by atoms with Crippen LogP contribution in [-0.4, -0.2) is 30.6 Å². The summed E-state index contributed by atoms with van der Waals surface area (Å²) in [5, 5.41) is 8.87. The number of carboxylic acid groups (broad SMARTS) is 1. The molecule has 1 amide bonds. The van der Waals surface area contributed by atoms with Crippen molar-refractivity contribution in [3.05, 3.63) is 29.8 Å². The first-order valence-corrected chi connectivity index (χ1v) is 6.73. The van der Waals surface area contributed by atoms with Crippen LogP contribution in [0.4, 0.5) is 5.69 Å². The summed E-state index contributed by atoms with van der Waals surface area (Å²) in [6.07, 6.45) is 1.35. The van der Waals surface area contributed by atoms with Crippen LogP contribution in [0.3, 0.4) is 0 Å². The quantitative estimate of drug-likeness (QED) is 0.834. The van der Waals surface area contributed by atoms with Gasteiger partial charge in [-0.25, -0.2) is 4.79 Å². The summed E-state index contributed by atoms with van der Waals surface area (Å²) >= 11 is 0. The standard InChI is InChI=1S/C15H22N2O3/c1-4-15(5-2,10-16)14(20)17(3)12-8-6-11(7-9-12)13(18)19/h6-9H,4-5,10,16H2,1-3H3,(H,18,19). The molecule has 5 nitrogen and oxygen atoms in total. The molecule has 0 aromatic heterocycles. The number of nitrogens with zero attached hydrogens (tertiary/aromatic N) is 1. The third-order valence-electron chi connectivity index (χ3n) is 4.00. The van der Waals surface area contributed by atoms with E-state index in [1.54, 1.807) is 24.1 Å². The predicted molar refractivity (Wildman–Crippen MR) is 78.9 cm³/mol. The Morgan fingerprint density at radius 2 is 1.70 bits per heavy atom. The lowest BCUT2D eigenvalue weighted by atomic mass is 9.81. The molecular formula is C15H22N2O3. The number of amides is 1. The molecule has 0 fully saturated rings. The van der Waals surface area contributed by atoms with Gasteiger partial charge in [-0.2, -0.15) is 0 Å². The third-order valence-corrected chi connectivity index (χ3v) is 4.00. The zero-order valence-corrected chi connectivity index (χ0v) is 12.2. The largest absolute Gasteiger partial charge is 0.478 e. The minimum absolute atomic E-state index is 0.0342. The number of nitrogens with two attached hydrogens (primary N) is 1. The van der Waals surface area contributed by atoms with Gasteiger partial charge in [0, 0.05) is 19.3 Å². The van der Waals surface area contributed by atoms with E-state index in [-0.39, 0.29) is 11.5 Å². The summed E-state index contributed by atoms with van der Waals surface area (Å²) in [7, 11) is 1.69. The lowest BCUT2D eigenvalue weighted by Gasteiger charge is -2.33. The van der Waals surface area contributed by atoms with Crippen molar-refractivity contribution in [1.82, 2.24) is 0 Å². The average molecular weight is 278 g/mol. The molecule has 0 atom stereocenters. The van der Waals surface area contributed by atoms with E-state index in [9.17, 15) is 9.59 Å². The zero-order valence-electron chi connectivity index (χ0n) is 12.2. The minimum atomic E-state index is -0.982. The van der Waals surface area contributed by atoms with E-state index in [4.69, 9.17) is 10.8 Å². The molecule has 3 N–H and O–H groups in total. The van der Waals surface area contributed by atoms with Crippen LogP contribution < -0.4 is 10.6 Å². The fourth-order valence-corrected chi connectivity index (χ4v) is 2.23. The van der Waals surface area contributed by atoms with Gasteiger partial charge in [-0.15, -0.1) is 0 Å². The Morgan fingerprint density at radius 3 is 2.05 bits per heavy atom. The Kier molecular flexibility index (Phi) is 5.27. The van der Waals surface area contributed by atoms with Crippen LogP contribution in [0.1, 0.15) is 37.0 Å². The van der Waals surface area contributed by atoms with E-state index in [0.29, 0.717) is 25.1 Å². The Hall–Kier alpha value is -1.88. The smallest absolute Gasteiger partial charge is 0.335 e. The van der Waals surface area contributed by atoms with Crippen molar-refractivity contribution >= 4 is 17.6 Å². The van der Waals surface area contributed by atoms with Crippen molar-refractivity contribution in [3.63, 3.8) is 0 Å². The molecule has 1 aromatic carbocycles. The number of carboxylic acids is 1. The second-order valence-corrected chi connectivity index (χ2v) is 4.91. The molecule has 0 aliphatic heterocycles. The summed E-state index contributed by atoms with van der Waals surface area (Å²) in [6, 6.07) is 6.24. The molecule has 110 valence electrons. The highest BCUT2D eigenvalue weighted by molar-refractivity contribution is 5.97. The molecule has 5 heteroatoms. The molecule has 0 spiro atoms. The normalized spacial score (nSPS) is 11.2. The Morgan fingerprint density at radius 1 is 1.20 bits per heavy atom. The van der Waals surface area contributed by atoms with E-state index >= 15 is 0 Å². The van der Waals surface area contributed by atoms with Crippen LogP contribution in [-0.2, 0) is 4.79 Å². The summed E-state index contributed by atoms with van der Waals surface area (Å²) in [5.74, 6) is -1.02. The predicted octanol–water partition coefficient (Wildman–Crippen LogP) is 2.11. The molecule has 0 saturated heterocycles. The van der Waals surface area contributed by atoms with Gasteiger partial charge in [-0.1, -0.05) is 13.8 Å². The number of hydrogen-bond acceptors (Lipinski definition) is 3. The summed E-state index contributed by atoms with van der Waals surface area (Å²) in [5.41, 5.74) is 6.09. The third kappa shape index (κ3) is 2.99. The van der Waals surface area contributed by atoms with Gasteiger partial charge in [-0.05, 0) is 37.1 Å². The number of aromatic carboxylic acids is 1. The van der Waals surface area contributed by atoms with Gasteiger partial charge in [0.2, 0.25) is 5.91 Å². The highest BCUT2D eigenvalue weighted by atomic mass is 16.4. The van der Waals surface area contributed by atoms with Gasteiger partial charge in [0.1, 0.15) is 0 Å². The minimum Gasteiger partial charge on any atom is -0.478 e. The van der Waals surface area contributed by atoms with Gasteiger partial charge in [0.25, 0.3) is 0 Å². The van der Waals surface area contributed by atoms with Gasteiger partial charge in [0.15, 0.2) is 0 Å². The van der Waals surface area contributed by atoms with Gasteiger partial charge in [-0.3, -0.25) is 4.79 Å². The SMILES string of the molecule is CCC(CC)(CN)C(=O)N(C)c1ccc(C(=O)O)cc1. The first kappa shape index (κ1) is 16.2. The molecule has 1 rings (SSSR count). The zero-order chi connectivity index (χ0) is 15.3. The number of benzene rings is 1. The lowest BCUT2D eigenvalue weighted by molar-refractivity contribution is -0.127. The van der Waals surface area contributed by atoms with Crippen LogP contribution in [0.2, 0.25) is 0 Å². The highest BCUT2D eigenvalue weighted by Gasteiger charge is 2.36. The summed E-state index contributed by atoms with van der Waals surface area (Å²) in [4.78, 5) is 25.0. The fourth-order valence-electron chi connectivity index (χ4n) is 2.23. The van der Waals surface area contributed by atoms with Crippen molar-refractivity contribution in [1.29, 1.82) is 0 Å². The monoisotopic (exact) mass is 278 g/mol. The van der Waals surface area contributed by atoms with Gasteiger partial charge < -0.3 is 15.7 Å². The summed E-state index contributed by atoms with van der Waals surface area (Å²) in [6.45, 7) is 4.21. The fraction of sp³-hybridized carbons (Fsp3) is 0.467. The lowest BCUT2D eigenvalue weighted by Crippen LogP contribution is -2.46. The second-order valence-electron chi connectivity index (χ2n) is 4.91. The topological polar surface area (TPSA) is 83.6 Å². The molecule has 0 bridgehead atoms. The van der Waals surface area contributed by atoms with Crippen molar-refractivity contribution in [2.24, 2.45) is 11.1 Å². The molecule has 0 saturated carbocycles. The molecule has 0 heterocycles. The number of rotatable bonds is 6. The van der Waals surface area contributed by atoms with Crippen LogP contribution in [0.25, 0.3) is 0 Å². The second kappa shape index (κ2) is 6.52. The maximum Gasteiger partial charge on any atom is 0.335 e. The van der Waals surface area contributed by atoms with E-state index in [0.717, 1.165) is 0 Å². The van der Waals surface area contributed by atoms with Gasteiger partial charge >= 0.3 is 5.97 Å². The average Bonchev–Trinajstić information content (AvgIpc) is 2.48. The molecule has 1 aromatic rings. The highest BCUT2D eigenvalue weighted by Crippen LogP contribution is 2.29. The molecule has 0 aliphatic carbocycles. The van der Waals surface area contributed by atoms with E-state index in [2.05, 4.69) is 0 Å². The Balaban J connectivity index is 3.01. The maximum atomic E-state index is 12.6. The molecule has 0 radical (unpaired) electrons. The van der Waals surface area contributed by atoms with E-state index < -0.39 is 11.4 Å². The number of anilines is 1. The Labute approximate surface area is 119 Å². The number of carbonyl (C=O) groups excluding carboxylic acids is 1. The molecule has 20 heavy (non-hydrogen) atoms.